The van der Waals surface area contributed by atoms with Crippen LogP contribution in [0, 0.1) is 5.92 Å². The molecule has 2 fully saturated rings. The fourth-order valence-corrected chi connectivity index (χ4v) is 3.61. The number of carbonyl (C=O) groups excluding carboxylic acids is 1. The average molecular weight is 408 g/mol. The molecule has 2 aliphatic heterocycles. The van der Waals surface area contributed by atoms with Crippen molar-refractivity contribution in [2.45, 2.75) is 12.6 Å². The van der Waals surface area contributed by atoms with Crippen molar-refractivity contribution in [1.82, 2.24) is 9.88 Å². The van der Waals surface area contributed by atoms with E-state index < -0.39 is 11.7 Å². The maximum Gasteiger partial charge on any atom is 0.417 e. The van der Waals surface area contributed by atoms with E-state index in [2.05, 4.69) is 20.9 Å². The Morgan fingerprint density at radius 2 is 2.00 bits per heavy atom. The molecule has 0 aromatic carbocycles. The Morgan fingerprint density at radius 1 is 1.29 bits per heavy atom. The van der Waals surface area contributed by atoms with Gasteiger partial charge < -0.3 is 14.5 Å². The monoisotopic (exact) mass is 407 g/mol. The van der Waals surface area contributed by atoms with Gasteiger partial charge in [-0.1, -0.05) is 0 Å². The van der Waals surface area contributed by atoms with Gasteiger partial charge in [-0.2, -0.15) is 13.2 Å². The topological polar surface area (TPSA) is 45.7 Å². The molecule has 132 valence electrons. The highest BCUT2D eigenvalue weighted by molar-refractivity contribution is 9.10. The normalized spacial score (nSPS) is 22.1. The predicted molar refractivity (Wildman–Crippen MR) is 84.7 cm³/mol. The number of hydrogen-bond donors (Lipinski definition) is 0. The Labute approximate surface area is 145 Å². The first kappa shape index (κ1) is 17.5. The highest BCUT2D eigenvalue weighted by atomic mass is 79.9. The third-order valence-electron chi connectivity index (χ3n) is 4.31. The van der Waals surface area contributed by atoms with Crippen LogP contribution in [0.4, 0.5) is 19.0 Å². The Morgan fingerprint density at radius 3 is 2.62 bits per heavy atom. The molecule has 0 bridgehead atoms. The van der Waals surface area contributed by atoms with E-state index in [0.29, 0.717) is 51.6 Å². The Hall–Kier alpha value is -1.35. The van der Waals surface area contributed by atoms with E-state index in [1.54, 1.807) is 4.90 Å². The minimum Gasteiger partial charge on any atom is -0.378 e. The first-order chi connectivity index (χ1) is 11.4. The molecular formula is C15H17BrF3N3O2. The number of anilines is 1. The van der Waals surface area contributed by atoms with Crippen LogP contribution in [0.1, 0.15) is 12.0 Å². The number of amides is 1. The van der Waals surface area contributed by atoms with Crippen molar-refractivity contribution >= 4 is 27.7 Å². The molecule has 0 radical (unpaired) electrons. The van der Waals surface area contributed by atoms with Crippen LogP contribution >= 0.6 is 15.9 Å². The summed E-state index contributed by atoms with van der Waals surface area (Å²) in [4.78, 5) is 20.1. The molecule has 1 amide bonds. The first-order valence-corrected chi connectivity index (χ1v) is 8.50. The molecule has 0 N–H and O–H groups in total. The molecule has 24 heavy (non-hydrogen) atoms. The van der Waals surface area contributed by atoms with E-state index in [1.165, 1.54) is 0 Å². The van der Waals surface area contributed by atoms with Crippen LogP contribution in [-0.4, -0.2) is 55.2 Å². The van der Waals surface area contributed by atoms with Gasteiger partial charge in [-0.15, -0.1) is 0 Å². The highest BCUT2D eigenvalue weighted by Crippen LogP contribution is 2.35. The second-order valence-corrected chi connectivity index (χ2v) is 6.75. The first-order valence-electron chi connectivity index (χ1n) is 7.70. The number of hydrogen-bond acceptors (Lipinski definition) is 4. The minimum atomic E-state index is -4.42. The van der Waals surface area contributed by atoms with Crippen molar-refractivity contribution in [3.05, 3.63) is 22.3 Å². The van der Waals surface area contributed by atoms with Gasteiger partial charge >= 0.3 is 6.18 Å². The Balaban J connectivity index is 1.68. The highest BCUT2D eigenvalue weighted by Gasteiger charge is 2.35. The smallest absolute Gasteiger partial charge is 0.378 e. The zero-order valence-electron chi connectivity index (χ0n) is 12.9. The quantitative estimate of drug-likeness (QED) is 0.755. The summed E-state index contributed by atoms with van der Waals surface area (Å²) in [6.45, 7) is 3.35. The second-order valence-electron chi connectivity index (χ2n) is 5.90. The number of nitrogens with zero attached hydrogens (tertiary/aromatic N) is 3. The number of aromatic nitrogens is 1. The minimum absolute atomic E-state index is 0.0869. The molecule has 1 unspecified atom stereocenters. The Bertz CT molecular complexity index is 620. The van der Waals surface area contributed by atoms with Crippen LogP contribution in [0.3, 0.4) is 0 Å². The number of halogens is 4. The Kier molecular flexibility index (Phi) is 5.00. The lowest BCUT2D eigenvalue weighted by atomic mass is 10.1. The van der Waals surface area contributed by atoms with Gasteiger partial charge in [0.2, 0.25) is 5.91 Å². The van der Waals surface area contributed by atoms with Crippen molar-refractivity contribution in [2.75, 3.05) is 44.3 Å². The largest absolute Gasteiger partial charge is 0.417 e. The zero-order chi connectivity index (χ0) is 17.3. The van der Waals surface area contributed by atoms with Gasteiger partial charge in [-0.05, 0) is 28.4 Å². The summed E-state index contributed by atoms with van der Waals surface area (Å²) in [5, 5.41) is 0. The van der Waals surface area contributed by atoms with Gasteiger partial charge in [0, 0.05) is 32.4 Å². The molecule has 9 heteroatoms. The molecule has 1 aromatic rings. The van der Waals surface area contributed by atoms with Crippen molar-refractivity contribution < 1.29 is 22.7 Å². The molecule has 2 saturated heterocycles. The van der Waals surface area contributed by atoms with Crippen molar-refractivity contribution in [2.24, 2.45) is 5.92 Å². The summed E-state index contributed by atoms with van der Waals surface area (Å²) in [5.41, 5.74) is -0.793. The third kappa shape index (κ3) is 3.66. The SMILES string of the molecule is O=C(C1CCN(c2ncc(C(F)(F)F)cc2Br)C1)N1CCOCC1. The molecule has 2 aliphatic rings. The summed E-state index contributed by atoms with van der Waals surface area (Å²) < 4.78 is 43.7. The van der Waals surface area contributed by atoms with Gasteiger partial charge in [-0.3, -0.25) is 4.79 Å². The molecule has 1 atom stereocenters. The molecule has 0 spiro atoms. The van der Waals surface area contributed by atoms with Crippen LogP contribution in [0.2, 0.25) is 0 Å². The summed E-state index contributed by atoms with van der Waals surface area (Å²) in [6.07, 6.45) is -2.92. The number of rotatable bonds is 2. The van der Waals surface area contributed by atoms with Gasteiger partial charge in [0.1, 0.15) is 5.82 Å². The molecule has 5 nitrogen and oxygen atoms in total. The standard InChI is InChI=1S/C15H17BrF3N3O2/c16-12-7-11(15(17,18)19)8-20-13(12)22-2-1-10(9-22)14(23)21-3-5-24-6-4-21/h7-8,10H,1-6,9H2. The molecule has 0 aliphatic carbocycles. The molecular weight excluding hydrogens is 391 g/mol. The predicted octanol–water partition coefficient (Wildman–Crippen LogP) is 2.55. The van der Waals surface area contributed by atoms with Gasteiger partial charge in [0.15, 0.2) is 0 Å². The number of ether oxygens (including phenoxy) is 1. The maximum absolute atomic E-state index is 12.7. The average Bonchev–Trinajstić information content (AvgIpc) is 3.03. The molecule has 3 heterocycles. The number of carbonyl (C=O) groups is 1. The van der Waals surface area contributed by atoms with E-state index in [4.69, 9.17) is 4.74 Å². The van der Waals surface area contributed by atoms with Gasteiger partial charge in [0.05, 0.1) is 29.2 Å². The zero-order valence-corrected chi connectivity index (χ0v) is 14.4. The fraction of sp³-hybridized carbons (Fsp3) is 0.600. The van der Waals surface area contributed by atoms with Gasteiger partial charge in [-0.25, -0.2) is 4.98 Å². The van der Waals surface area contributed by atoms with Crippen molar-refractivity contribution in [1.29, 1.82) is 0 Å². The van der Waals surface area contributed by atoms with Crippen LogP contribution in [0.5, 0.6) is 0 Å². The number of morpholine rings is 1. The molecule has 0 saturated carbocycles. The van der Waals surface area contributed by atoms with Crippen molar-refractivity contribution in [3.8, 4) is 0 Å². The summed E-state index contributed by atoms with van der Waals surface area (Å²) in [6, 6.07) is 1.03. The molecule has 1 aromatic heterocycles. The fourth-order valence-electron chi connectivity index (χ4n) is 3.01. The lowest BCUT2D eigenvalue weighted by Crippen LogP contribution is -2.44. The van der Waals surface area contributed by atoms with Crippen molar-refractivity contribution in [3.63, 3.8) is 0 Å². The number of pyridine rings is 1. The van der Waals surface area contributed by atoms with Crippen LogP contribution in [-0.2, 0) is 15.7 Å². The van der Waals surface area contributed by atoms with Crippen LogP contribution in [0.25, 0.3) is 0 Å². The summed E-state index contributed by atoms with van der Waals surface area (Å²) in [7, 11) is 0. The maximum atomic E-state index is 12.7. The lowest BCUT2D eigenvalue weighted by molar-refractivity contribution is -0.139. The summed E-state index contributed by atoms with van der Waals surface area (Å²) >= 11 is 3.17. The van der Waals surface area contributed by atoms with E-state index in [0.717, 1.165) is 12.3 Å². The lowest BCUT2D eigenvalue weighted by Gasteiger charge is -2.29. The van der Waals surface area contributed by atoms with E-state index in [-0.39, 0.29) is 16.3 Å². The molecule has 3 rings (SSSR count). The van der Waals surface area contributed by atoms with E-state index >= 15 is 0 Å². The van der Waals surface area contributed by atoms with E-state index in [9.17, 15) is 18.0 Å². The number of alkyl halides is 3. The third-order valence-corrected chi connectivity index (χ3v) is 4.89. The van der Waals surface area contributed by atoms with Crippen LogP contribution in [0.15, 0.2) is 16.7 Å². The van der Waals surface area contributed by atoms with Crippen LogP contribution < -0.4 is 4.90 Å². The van der Waals surface area contributed by atoms with Gasteiger partial charge in [0.25, 0.3) is 0 Å². The second kappa shape index (κ2) is 6.87. The van der Waals surface area contributed by atoms with E-state index in [1.807, 2.05) is 4.90 Å². The summed E-state index contributed by atoms with van der Waals surface area (Å²) in [5.74, 6) is 0.378.